The van der Waals surface area contributed by atoms with Crippen LogP contribution in [0.5, 0.6) is 5.75 Å². The Labute approximate surface area is 136 Å². The SMILES string of the molecule is OCCc1cn(CCCOc2cccc(Cl)c2)nc1C(F)(F)F. The summed E-state index contributed by atoms with van der Waals surface area (Å²) < 4.78 is 45.2. The zero-order chi connectivity index (χ0) is 16.9. The fourth-order valence-corrected chi connectivity index (χ4v) is 2.27. The van der Waals surface area contributed by atoms with Crippen molar-refractivity contribution in [2.75, 3.05) is 13.2 Å². The summed E-state index contributed by atoms with van der Waals surface area (Å²) in [5.74, 6) is 0.606. The Kier molecular flexibility index (Phi) is 5.90. The summed E-state index contributed by atoms with van der Waals surface area (Å²) in [6.45, 7) is 0.263. The molecule has 1 aromatic carbocycles. The topological polar surface area (TPSA) is 47.3 Å². The van der Waals surface area contributed by atoms with Gasteiger partial charge in [-0.3, -0.25) is 4.68 Å². The van der Waals surface area contributed by atoms with Crippen molar-refractivity contribution in [3.05, 3.63) is 46.7 Å². The van der Waals surface area contributed by atoms with Crippen molar-refractivity contribution >= 4 is 11.6 Å². The van der Waals surface area contributed by atoms with Gasteiger partial charge in [-0.15, -0.1) is 0 Å². The Hall–Kier alpha value is -1.73. The summed E-state index contributed by atoms with van der Waals surface area (Å²) in [5.41, 5.74) is -0.946. The molecule has 0 aliphatic carbocycles. The Balaban J connectivity index is 1.90. The molecule has 1 heterocycles. The van der Waals surface area contributed by atoms with E-state index in [1.807, 2.05) is 0 Å². The summed E-state index contributed by atoms with van der Waals surface area (Å²) in [5, 5.41) is 13.0. The maximum absolute atomic E-state index is 12.8. The molecule has 1 N–H and O–H groups in total. The first-order chi connectivity index (χ1) is 10.9. The number of aliphatic hydroxyl groups is 1. The van der Waals surface area contributed by atoms with Gasteiger partial charge in [-0.25, -0.2) is 0 Å². The Morgan fingerprint density at radius 1 is 1.30 bits per heavy atom. The van der Waals surface area contributed by atoms with Crippen molar-refractivity contribution in [3.63, 3.8) is 0 Å². The van der Waals surface area contributed by atoms with Crippen molar-refractivity contribution in [2.45, 2.75) is 25.6 Å². The molecule has 23 heavy (non-hydrogen) atoms. The maximum Gasteiger partial charge on any atom is 0.435 e. The second-order valence-electron chi connectivity index (χ2n) is 4.90. The molecule has 4 nitrogen and oxygen atoms in total. The molecular formula is C15H16ClF3N2O2. The van der Waals surface area contributed by atoms with Crippen LogP contribution in [0.4, 0.5) is 13.2 Å². The molecule has 0 saturated carbocycles. The predicted octanol–water partition coefficient (Wildman–Crippen LogP) is 3.56. The molecule has 2 rings (SSSR count). The highest BCUT2D eigenvalue weighted by molar-refractivity contribution is 6.30. The van der Waals surface area contributed by atoms with E-state index in [2.05, 4.69) is 5.10 Å². The molecule has 0 saturated heterocycles. The highest BCUT2D eigenvalue weighted by Gasteiger charge is 2.36. The zero-order valence-electron chi connectivity index (χ0n) is 12.2. The Bertz CT molecular complexity index is 644. The third-order valence-electron chi connectivity index (χ3n) is 3.08. The van der Waals surface area contributed by atoms with Gasteiger partial charge in [0, 0.05) is 36.4 Å². The lowest BCUT2D eigenvalue weighted by Gasteiger charge is -2.06. The fraction of sp³-hybridized carbons (Fsp3) is 0.400. The number of benzene rings is 1. The van der Waals surface area contributed by atoms with Crippen molar-refractivity contribution in [1.29, 1.82) is 0 Å². The number of ether oxygens (including phenoxy) is 1. The summed E-state index contributed by atoms with van der Waals surface area (Å²) in [6, 6.07) is 6.89. The molecule has 126 valence electrons. The minimum atomic E-state index is -4.52. The van der Waals surface area contributed by atoms with E-state index >= 15 is 0 Å². The van der Waals surface area contributed by atoms with E-state index in [-0.39, 0.29) is 25.1 Å². The number of rotatable bonds is 7. The van der Waals surface area contributed by atoms with Gasteiger partial charge in [-0.2, -0.15) is 18.3 Å². The lowest BCUT2D eigenvalue weighted by molar-refractivity contribution is -0.142. The van der Waals surface area contributed by atoms with Gasteiger partial charge in [0.15, 0.2) is 5.69 Å². The minimum Gasteiger partial charge on any atom is -0.493 e. The van der Waals surface area contributed by atoms with E-state index in [1.165, 1.54) is 10.9 Å². The lowest BCUT2D eigenvalue weighted by Crippen LogP contribution is -2.11. The van der Waals surface area contributed by atoms with Crippen LogP contribution >= 0.6 is 11.6 Å². The number of aryl methyl sites for hydroxylation is 1. The maximum atomic E-state index is 12.8. The van der Waals surface area contributed by atoms with E-state index in [9.17, 15) is 13.2 Å². The minimum absolute atomic E-state index is 0.00393. The molecule has 8 heteroatoms. The standard InChI is InChI=1S/C15H16ClF3N2O2/c16-12-3-1-4-13(9-12)23-8-2-6-21-10-11(5-7-22)14(20-21)15(17,18)19/h1,3-4,9-10,22H,2,5-8H2. The van der Waals surface area contributed by atoms with Crippen LogP contribution in [0.3, 0.4) is 0 Å². The summed E-state index contributed by atoms with van der Waals surface area (Å²) in [4.78, 5) is 0. The molecule has 0 atom stereocenters. The average molecular weight is 349 g/mol. The van der Waals surface area contributed by atoms with Crippen LogP contribution in [-0.2, 0) is 19.1 Å². The highest BCUT2D eigenvalue weighted by Crippen LogP contribution is 2.30. The zero-order valence-corrected chi connectivity index (χ0v) is 12.9. The number of aliphatic hydroxyl groups excluding tert-OH is 1. The number of nitrogens with zero attached hydrogens (tertiary/aromatic N) is 2. The summed E-state index contributed by atoms with van der Waals surface area (Å²) >= 11 is 5.83. The number of aromatic nitrogens is 2. The second-order valence-corrected chi connectivity index (χ2v) is 5.33. The van der Waals surface area contributed by atoms with E-state index < -0.39 is 11.9 Å². The molecule has 0 aliphatic heterocycles. The number of hydrogen-bond donors (Lipinski definition) is 1. The second kappa shape index (κ2) is 7.70. The molecule has 0 spiro atoms. The van der Waals surface area contributed by atoms with Crippen molar-refractivity contribution in [3.8, 4) is 5.75 Å². The number of alkyl halides is 3. The Morgan fingerprint density at radius 2 is 2.09 bits per heavy atom. The van der Waals surface area contributed by atoms with E-state index in [0.29, 0.717) is 23.8 Å². The van der Waals surface area contributed by atoms with Gasteiger partial charge in [0.2, 0.25) is 0 Å². The molecule has 0 fully saturated rings. The summed E-state index contributed by atoms with van der Waals surface area (Å²) in [6.07, 6.45) is -2.79. The first-order valence-corrected chi connectivity index (χ1v) is 7.40. The van der Waals surface area contributed by atoms with E-state index in [0.717, 1.165) is 0 Å². The molecule has 2 aromatic rings. The largest absolute Gasteiger partial charge is 0.493 e. The van der Waals surface area contributed by atoms with Gasteiger partial charge < -0.3 is 9.84 Å². The van der Waals surface area contributed by atoms with Gasteiger partial charge in [0.05, 0.1) is 6.61 Å². The first kappa shape index (κ1) is 17.6. The third kappa shape index (κ3) is 5.14. The van der Waals surface area contributed by atoms with Gasteiger partial charge in [-0.1, -0.05) is 17.7 Å². The van der Waals surface area contributed by atoms with Gasteiger partial charge in [-0.05, 0) is 24.6 Å². The predicted molar refractivity (Wildman–Crippen MR) is 79.6 cm³/mol. The van der Waals surface area contributed by atoms with Crippen LogP contribution < -0.4 is 4.74 Å². The van der Waals surface area contributed by atoms with Gasteiger partial charge >= 0.3 is 6.18 Å². The van der Waals surface area contributed by atoms with Crippen LogP contribution in [0.15, 0.2) is 30.5 Å². The van der Waals surface area contributed by atoms with Crippen LogP contribution in [0.1, 0.15) is 17.7 Å². The molecular weight excluding hydrogens is 333 g/mol. The number of halogens is 4. The molecule has 0 amide bonds. The fourth-order valence-electron chi connectivity index (χ4n) is 2.09. The third-order valence-corrected chi connectivity index (χ3v) is 3.32. The van der Waals surface area contributed by atoms with Crippen LogP contribution in [-0.4, -0.2) is 28.1 Å². The smallest absolute Gasteiger partial charge is 0.435 e. The molecule has 1 aromatic heterocycles. The average Bonchev–Trinajstić information content (AvgIpc) is 2.87. The van der Waals surface area contributed by atoms with E-state index in [1.54, 1.807) is 24.3 Å². The molecule has 0 bridgehead atoms. The number of hydrogen-bond acceptors (Lipinski definition) is 3. The molecule has 0 aliphatic rings. The monoisotopic (exact) mass is 348 g/mol. The van der Waals surface area contributed by atoms with Crippen LogP contribution in [0, 0.1) is 0 Å². The van der Waals surface area contributed by atoms with E-state index in [4.69, 9.17) is 21.4 Å². The van der Waals surface area contributed by atoms with Crippen molar-refractivity contribution < 1.29 is 23.0 Å². The summed E-state index contributed by atoms with van der Waals surface area (Å²) in [7, 11) is 0. The van der Waals surface area contributed by atoms with Crippen LogP contribution in [0.2, 0.25) is 5.02 Å². The lowest BCUT2D eigenvalue weighted by atomic mass is 10.2. The molecule has 0 unspecified atom stereocenters. The highest BCUT2D eigenvalue weighted by atomic mass is 35.5. The van der Waals surface area contributed by atoms with Crippen molar-refractivity contribution in [1.82, 2.24) is 9.78 Å². The van der Waals surface area contributed by atoms with Crippen molar-refractivity contribution in [2.24, 2.45) is 0 Å². The normalized spacial score (nSPS) is 11.7. The van der Waals surface area contributed by atoms with Crippen LogP contribution in [0.25, 0.3) is 0 Å². The quantitative estimate of drug-likeness (QED) is 0.778. The van der Waals surface area contributed by atoms with Gasteiger partial charge in [0.1, 0.15) is 5.75 Å². The Morgan fingerprint density at radius 3 is 2.74 bits per heavy atom. The van der Waals surface area contributed by atoms with Gasteiger partial charge in [0.25, 0.3) is 0 Å². The molecule has 0 radical (unpaired) electrons. The first-order valence-electron chi connectivity index (χ1n) is 7.03.